The SMILES string of the molecule is CCC(=O)/C(C)=C(/C)[N+](=O)[O-]. The Morgan fingerprint density at radius 2 is 1.91 bits per heavy atom. The molecule has 0 aliphatic carbocycles. The van der Waals surface area contributed by atoms with Crippen molar-refractivity contribution >= 4 is 5.78 Å². The van der Waals surface area contributed by atoms with Gasteiger partial charge < -0.3 is 0 Å². The Balaban J connectivity index is 4.66. The molecule has 0 amide bonds. The summed E-state index contributed by atoms with van der Waals surface area (Å²) in [7, 11) is 0. The second kappa shape index (κ2) is 3.85. The van der Waals surface area contributed by atoms with Crippen LogP contribution in [0.3, 0.4) is 0 Å². The topological polar surface area (TPSA) is 60.2 Å². The number of hydrogen-bond acceptors (Lipinski definition) is 3. The molecule has 0 aromatic rings. The third-order valence-electron chi connectivity index (χ3n) is 1.56. The van der Waals surface area contributed by atoms with Crippen LogP contribution in [0.4, 0.5) is 0 Å². The maximum absolute atomic E-state index is 10.9. The summed E-state index contributed by atoms with van der Waals surface area (Å²) in [6.07, 6.45) is 0.316. The van der Waals surface area contributed by atoms with Crippen LogP contribution in [0.25, 0.3) is 0 Å². The first-order chi connectivity index (χ1) is 5.00. The van der Waals surface area contributed by atoms with Crippen LogP contribution in [0, 0.1) is 10.1 Å². The predicted molar refractivity (Wildman–Crippen MR) is 40.7 cm³/mol. The molecule has 0 saturated heterocycles. The summed E-state index contributed by atoms with van der Waals surface area (Å²) in [5.41, 5.74) is 0.189. The number of Topliss-reactive ketones (excluding diaryl/α,β-unsaturated/α-hetero) is 1. The summed E-state index contributed by atoms with van der Waals surface area (Å²) >= 11 is 0. The maximum atomic E-state index is 10.9. The largest absolute Gasteiger partial charge is 0.294 e. The standard InChI is InChI=1S/C7H11NO3/c1-4-7(9)5(2)6(3)8(10)11/h4H2,1-3H3/b6-5-. The number of ketones is 1. The zero-order valence-corrected chi connectivity index (χ0v) is 6.88. The summed E-state index contributed by atoms with van der Waals surface area (Å²) in [5.74, 6) is -0.167. The zero-order chi connectivity index (χ0) is 9.02. The van der Waals surface area contributed by atoms with Gasteiger partial charge in [0.2, 0.25) is 5.70 Å². The first kappa shape index (κ1) is 9.81. The van der Waals surface area contributed by atoms with E-state index in [1.165, 1.54) is 13.8 Å². The first-order valence-electron chi connectivity index (χ1n) is 3.35. The first-order valence-corrected chi connectivity index (χ1v) is 3.35. The van der Waals surface area contributed by atoms with E-state index in [4.69, 9.17) is 0 Å². The third-order valence-corrected chi connectivity index (χ3v) is 1.56. The Kier molecular flexibility index (Phi) is 3.44. The quantitative estimate of drug-likeness (QED) is 0.354. The molecule has 0 saturated carbocycles. The molecule has 0 bridgehead atoms. The van der Waals surface area contributed by atoms with Crippen LogP contribution >= 0.6 is 0 Å². The van der Waals surface area contributed by atoms with E-state index < -0.39 is 4.92 Å². The summed E-state index contributed by atoms with van der Waals surface area (Å²) in [6, 6.07) is 0. The average Bonchev–Trinajstić information content (AvgIpc) is 2.00. The lowest BCUT2D eigenvalue weighted by atomic mass is 10.1. The Bertz CT molecular complexity index is 218. The Morgan fingerprint density at radius 3 is 2.18 bits per heavy atom. The van der Waals surface area contributed by atoms with E-state index in [9.17, 15) is 14.9 Å². The normalized spacial score (nSPS) is 12.3. The number of carbonyl (C=O) groups is 1. The highest BCUT2D eigenvalue weighted by molar-refractivity contribution is 5.94. The molecule has 62 valence electrons. The van der Waals surface area contributed by atoms with Crippen LogP contribution in [0.1, 0.15) is 27.2 Å². The van der Waals surface area contributed by atoms with E-state index in [0.717, 1.165) is 0 Å². The van der Waals surface area contributed by atoms with Gasteiger partial charge in [-0.3, -0.25) is 14.9 Å². The second-order valence-corrected chi connectivity index (χ2v) is 2.24. The highest BCUT2D eigenvalue weighted by Crippen LogP contribution is 2.06. The van der Waals surface area contributed by atoms with Crippen molar-refractivity contribution in [1.29, 1.82) is 0 Å². The van der Waals surface area contributed by atoms with Gasteiger partial charge in [-0.1, -0.05) is 6.92 Å². The van der Waals surface area contributed by atoms with Gasteiger partial charge in [-0.25, -0.2) is 0 Å². The third kappa shape index (κ3) is 2.49. The fourth-order valence-electron chi connectivity index (χ4n) is 0.604. The highest BCUT2D eigenvalue weighted by Gasteiger charge is 2.13. The van der Waals surface area contributed by atoms with Crippen LogP contribution in [0.5, 0.6) is 0 Å². The van der Waals surface area contributed by atoms with Crippen molar-refractivity contribution in [2.45, 2.75) is 27.2 Å². The van der Waals surface area contributed by atoms with Gasteiger partial charge in [0.15, 0.2) is 5.78 Å². The molecule has 0 radical (unpaired) electrons. The number of carbonyl (C=O) groups excluding carboxylic acids is 1. The van der Waals surface area contributed by atoms with E-state index in [1.54, 1.807) is 6.92 Å². The number of nitrogens with zero attached hydrogens (tertiary/aromatic N) is 1. The lowest BCUT2D eigenvalue weighted by Crippen LogP contribution is -2.05. The van der Waals surface area contributed by atoms with Crippen LogP contribution in [-0.2, 0) is 4.79 Å². The smallest absolute Gasteiger partial charge is 0.249 e. The van der Waals surface area contributed by atoms with Crippen molar-refractivity contribution in [1.82, 2.24) is 0 Å². The number of hydrogen-bond donors (Lipinski definition) is 0. The lowest BCUT2D eigenvalue weighted by molar-refractivity contribution is -0.425. The van der Waals surface area contributed by atoms with Crippen molar-refractivity contribution < 1.29 is 9.72 Å². The zero-order valence-electron chi connectivity index (χ0n) is 6.88. The molecule has 4 nitrogen and oxygen atoms in total. The predicted octanol–water partition coefficient (Wildman–Crippen LogP) is 1.54. The Hall–Kier alpha value is -1.19. The molecule has 0 rings (SSSR count). The maximum Gasteiger partial charge on any atom is 0.249 e. The molecule has 0 aromatic heterocycles. The van der Waals surface area contributed by atoms with Crippen molar-refractivity contribution in [3.63, 3.8) is 0 Å². The van der Waals surface area contributed by atoms with Gasteiger partial charge in [0.25, 0.3) is 0 Å². The molecule has 0 fully saturated rings. The van der Waals surface area contributed by atoms with Crippen LogP contribution < -0.4 is 0 Å². The Labute approximate surface area is 65.1 Å². The van der Waals surface area contributed by atoms with E-state index in [1.807, 2.05) is 0 Å². The lowest BCUT2D eigenvalue weighted by Gasteiger charge is -1.96. The molecule has 0 aliphatic heterocycles. The van der Waals surface area contributed by atoms with E-state index in [0.29, 0.717) is 6.42 Å². The fourth-order valence-corrected chi connectivity index (χ4v) is 0.604. The van der Waals surface area contributed by atoms with Gasteiger partial charge in [0.05, 0.1) is 10.5 Å². The van der Waals surface area contributed by atoms with Crippen molar-refractivity contribution in [2.24, 2.45) is 0 Å². The van der Waals surface area contributed by atoms with Gasteiger partial charge in [-0.05, 0) is 6.92 Å². The second-order valence-electron chi connectivity index (χ2n) is 2.24. The van der Waals surface area contributed by atoms with Crippen molar-refractivity contribution in [3.8, 4) is 0 Å². The highest BCUT2D eigenvalue weighted by atomic mass is 16.6. The molecule has 11 heavy (non-hydrogen) atoms. The monoisotopic (exact) mass is 157 g/mol. The minimum absolute atomic E-state index is 0.0585. The number of nitro groups is 1. The minimum Gasteiger partial charge on any atom is -0.294 e. The number of allylic oxidation sites excluding steroid dienone is 2. The van der Waals surface area contributed by atoms with Gasteiger partial charge in [-0.2, -0.15) is 0 Å². The van der Waals surface area contributed by atoms with E-state index >= 15 is 0 Å². The van der Waals surface area contributed by atoms with Crippen LogP contribution in [-0.4, -0.2) is 10.7 Å². The molecule has 4 heteroatoms. The van der Waals surface area contributed by atoms with Gasteiger partial charge in [-0.15, -0.1) is 0 Å². The van der Waals surface area contributed by atoms with Crippen molar-refractivity contribution in [2.75, 3.05) is 0 Å². The van der Waals surface area contributed by atoms with Gasteiger partial charge >= 0.3 is 0 Å². The van der Waals surface area contributed by atoms with Crippen LogP contribution in [0.15, 0.2) is 11.3 Å². The summed E-state index contributed by atoms with van der Waals surface area (Å²) in [5, 5.41) is 10.2. The molecule has 0 heterocycles. The van der Waals surface area contributed by atoms with Gasteiger partial charge in [0, 0.05) is 13.3 Å². The molecule has 0 aliphatic rings. The number of rotatable bonds is 3. The molecule has 0 N–H and O–H groups in total. The molecular formula is C7H11NO3. The fraction of sp³-hybridized carbons (Fsp3) is 0.571. The molecule has 0 spiro atoms. The summed E-state index contributed by atoms with van der Waals surface area (Å²) in [6.45, 7) is 4.49. The summed E-state index contributed by atoms with van der Waals surface area (Å²) in [4.78, 5) is 20.5. The molecule has 0 unspecified atom stereocenters. The minimum atomic E-state index is -0.539. The molecule has 0 aromatic carbocycles. The van der Waals surface area contributed by atoms with Crippen molar-refractivity contribution in [3.05, 3.63) is 21.4 Å². The Morgan fingerprint density at radius 1 is 1.45 bits per heavy atom. The van der Waals surface area contributed by atoms with Gasteiger partial charge in [0.1, 0.15) is 0 Å². The van der Waals surface area contributed by atoms with Crippen LogP contribution in [0.2, 0.25) is 0 Å². The van der Waals surface area contributed by atoms with E-state index in [2.05, 4.69) is 0 Å². The average molecular weight is 157 g/mol. The molecule has 0 atom stereocenters. The summed E-state index contributed by atoms with van der Waals surface area (Å²) < 4.78 is 0. The molecular weight excluding hydrogens is 146 g/mol. The van der Waals surface area contributed by atoms with E-state index in [-0.39, 0.29) is 17.1 Å².